The summed E-state index contributed by atoms with van der Waals surface area (Å²) in [5.41, 5.74) is 2.01. The van der Waals surface area contributed by atoms with Crippen molar-refractivity contribution in [1.82, 2.24) is 9.47 Å². The molecule has 2 aliphatic rings. The van der Waals surface area contributed by atoms with Gasteiger partial charge in [-0.1, -0.05) is 6.92 Å². The number of piperidine rings is 1. The minimum atomic E-state index is -0.166. The predicted molar refractivity (Wildman–Crippen MR) is 96.0 cm³/mol. The molecule has 1 aliphatic heterocycles. The molecule has 4 nitrogen and oxygen atoms in total. The number of hydrogen-bond acceptors (Lipinski definition) is 3. The molecule has 2 aromatic rings. The van der Waals surface area contributed by atoms with Gasteiger partial charge in [0, 0.05) is 35.8 Å². The predicted octanol–water partition coefficient (Wildman–Crippen LogP) is 3.26. The van der Waals surface area contributed by atoms with Crippen LogP contribution in [0.3, 0.4) is 0 Å². The van der Waals surface area contributed by atoms with Gasteiger partial charge in [-0.05, 0) is 49.8 Å². The maximum atomic E-state index is 13.4. The zero-order valence-electron chi connectivity index (χ0n) is 14.1. The van der Waals surface area contributed by atoms with Crippen LogP contribution in [-0.2, 0) is 12.8 Å². The highest BCUT2D eigenvalue weighted by atomic mass is 32.1. The fraction of sp³-hybridized carbons (Fsp3) is 0.526. The topological polar surface area (TPSA) is 45.5 Å². The number of aryl methyl sites for hydroxylation is 1. The molecular weight excluding hydrogens is 320 g/mol. The number of aliphatic hydroxyl groups excluding tert-OH is 1. The third kappa shape index (κ3) is 2.60. The molecule has 0 radical (unpaired) electrons. The third-order valence-corrected chi connectivity index (χ3v) is 6.71. The average Bonchev–Trinajstić information content (AvgIpc) is 3.30. The number of fused-ring (bicyclic) bond motifs is 1. The Labute approximate surface area is 146 Å². The summed E-state index contributed by atoms with van der Waals surface area (Å²) in [5, 5.41) is 10.8. The Balaban J connectivity index is 1.72. The van der Waals surface area contributed by atoms with Gasteiger partial charge in [0.15, 0.2) is 0 Å². The van der Waals surface area contributed by atoms with Crippen molar-refractivity contribution in [2.45, 2.75) is 39.0 Å². The zero-order valence-corrected chi connectivity index (χ0v) is 14.9. The summed E-state index contributed by atoms with van der Waals surface area (Å²) in [5.74, 6) is 0.150. The highest BCUT2D eigenvalue weighted by Crippen LogP contribution is 2.39. The Morgan fingerprint density at radius 3 is 2.83 bits per heavy atom. The van der Waals surface area contributed by atoms with Crippen LogP contribution in [0.2, 0.25) is 0 Å². The molecule has 3 heterocycles. The van der Waals surface area contributed by atoms with E-state index in [1.54, 1.807) is 11.3 Å². The van der Waals surface area contributed by atoms with Gasteiger partial charge in [0.25, 0.3) is 5.91 Å². The highest BCUT2D eigenvalue weighted by Gasteiger charge is 2.36. The van der Waals surface area contributed by atoms with Crippen molar-refractivity contribution < 1.29 is 9.90 Å². The Morgan fingerprint density at radius 1 is 1.29 bits per heavy atom. The van der Waals surface area contributed by atoms with Crippen LogP contribution in [0, 0.1) is 5.41 Å². The van der Waals surface area contributed by atoms with E-state index < -0.39 is 0 Å². The van der Waals surface area contributed by atoms with Gasteiger partial charge >= 0.3 is 0 Å². The second-order valence-corrected chi connectivity index (χ2v) is 8.51. The van der Waals surface area contributed by atoms with Gasteiger partial charge in [0.05, 0.1) is 12.2 Å². The molecule has 1 saturated heterocycles. The number of aliphatic hydroxyl groups is 1. The van der Waals surface area contributed by atoms with Crippen molar-refractivity contribution in [1.29, 1.82) is 0 Å². The molecular formula is C19H24N2O2S. The molecule has 4 rings (SSSR count). The molecule has 1 amide bonds. The molecule has 0 bridgehead atoms. The highest BCUT2D eigenvalue weighted by molar-refractivity contribution is 7.15. The minimum absolute atomic E-state index is 0.142. The summed E-state index contributed by atoms with van der Waals surface area (Å²) in [6.45, 7) is 3.67. The first-order chi connectivity index (χ1) is 11.6. The van der Waals surface area contributed by atoms with Crippen molar-refractivity contribution in [3.63, 3.8) is 0 Å². The number of likely N-dealkylation sites (tertiary alicyclic amines) is 1. The molecule has 1 N–H and O–H groups in total. The van der Waals surface area contributed by atoms with E-state index in [2.05, 4.69) is 11.5 Å². The first-order valence-electron chi connectivity index (χ1n) is 8.79. The van der Waals surface area contributed by atoms with Gasteiger partial charge < -0.3 is 14.6 Å². The summed E-state index contributed by atoms with van der Waals surface area (Å²) in [6, 6.07) is 4.01. The Bertz CT molecular complexity index is 750. The van der Waals surface area contributed by atoms with Gasteiger partial charge in [0.2, 0.25) is 0 Å². The SMILES string of the molecule is CC1(CO)CCCN(C(=O)c2c(-n3cccc3)sc3c2CCC3)C1. The number of carbonyl (C=O) groups excluding carboxylic acids is 1. The van der Waals surface area contributed by atoms with E-state index in [-0.39, 0.29) is 17.9 Å². The Morgan fingerprint density at radius 2 is 2.08 bits per heavy atom. The molecule has 2 aromatic heterocycles. The van der Waals surface area contributed by atoms with Gasteiger partial charge in [-0.3, -0.25) is 4.79 Å². The van der Waals surface area contributed by atoms with E-state index in [0.717, 1.165) is 49.2 Å². The van der Waals surface area contributed by atoms with Crippen molar-refractivity contribution >= 4 is 17.2 Å². The third-order valence-electron chi connectivity index (χ3n) is 5.41. The monoisotopic (exact) mass is 344 g/mol. The summed E-state index contributed by atoms with van der Waals surface area (Å²) in [7, 11) is 0. The van der Waals surface area contributed by atoms with Gasteiger partial charge in [-0.25, -0.2) is 0 Å². The summed E-state index contributed by atoms with van der Waals surface area (Å²) < 4.78 is 2.07. The molecule has 1 atom stereocenters. The fourth-order valence-electron chi connectivity index (χ4n) is 4.04. The van der Waals surface area contributed by atoms with Gasteiger partial charge in [-0.15, -0.1) is 11.3 Å². The second kappa shape index (κ2) is 6.05. The van der Waals surface area contributed by atoms with E-state index in [9.17, 15) is 9.90 Å². The molecule has 128 valence electrons. The summed E-state index contributed by atoms with van der Waals surface area (Å²) in [4.78, 5) is 16.7. The standard InChI is InChI=1S/C19H24N2O2S/c1-19(13-22)8-5-11-21(12-19)17(23)16-14-6-4-7-15(14)24-18(16)20-9-2-3-10-20/h2-3,9-10,22H,4-8,11-13H2,1H3. The van der Waals surface area contributed by atoms with Crippen LogP contribution in [0.15, 0.2) is 24.5 Å². The molecule has 5 heteroatoms. The molecule has 0 saturated carbocycles. The van der Waals surface area contributed by atoms with E-state index in [0.29, 0.717) is 6.54 Å². The van der Waals surface area contributed by atoms with Crippen molar-refractivity contribution in [2.75, 3.05) is 19.7 Å². The molecule has 24 heavy (non-hydrogen) atoms. The quantitative estimate of drug-likeness (QED) is 0.929. The average molecular weight is 344 g/mol. The van der Waals surface area contributed by atoms with Crippen LogP contribution in [0.5, 0.6) is 0 Å². The normalized spacial score (nSPS) is 23.5. The van der Waals surface area contributed by atoms with Gasteiger partial charge in [0.1, 0.15) is 5.00 Å². The smallest absolute Gasteiger partial charge is 0.257 e. The minimum Gasteiger partial charge on any atom is -0.396 e. The molecule has 0 aromatic carbocycles. The lowest BCUT2D eigenvalue weighted by atomic mass is 9.82. The largest absolute Gasteiger partial charge is 0.396 e. The first kappa shape index (κ1) is 15.9. The number of carbonyl (C=O) groups is 1. The van der Waals surface area contributed by atoms with Crippen molar-refractivity contribution in [3.05, 3.63) is 40.5 Å². The number of aromatic nitrogens is 1. The van der Waals surface area contributed by atoms with Crippen LogP contribution in [0.4, 0.5) is 0 Å². The Kier molecular flexibility index (Phi) is 4.01. The van der Waals surface area contributed by atoms with Crippen LogP contribution in [-0.4, -0.2) is 40.2 Å². The maximum Gasteiger partial charge on any atom is 0.257 e. The lowest BCUT2D eigenvalue weighted by Gasteiger charge is -2.39. The molecule has 1 aliphatic carbocycles. The van der Waals surface area contributed by atoms with Crippen LogP contribution < -0.4 is 0 Å². The van der Waals surface area contributed by atoms with Crippen molar-refractivity contribution in [2.24, 2.45) is 5.41 Å². The van der Waals surface area contributed by atoms with E-state index in [1.807, 2.05) is 29.4 Å². The van der Waals surface area contributed by atoms with Crippen LogP contribution in [0.25, 0.3) is 5.00 Å². The fourth-order valence-corrected chi connectivity index (χ4v) is 5.39. The lowest BCUT2D eigenvalue weighted by Crippen LogP contribution is -2.46. The van der Waals surface area contributed by atoms with Crippen molar-refractivity contribution in [3.8, 4) is 5.00 Å². The number of thiophene rings is 1. The molecule has 1 unspecified atom stereocenters. The first-order valence-corrected chi connectivity index (χ1v) is 9.61. The van der Waals surface area contributed by atoms with Crippen LogP contribution >= 0.6 is 11.3 Å². The molecule has 0 spiro atoms. The number of hydrogen-bond donors (Lipinski definition) is 1. The number of rotatable bonds is 3. The van der Waals surface area contributed by atoms with E-state index in [1.165, 1.54) is 10.4 Å². The number of amides is 1. The van der Waals surface area contributed by atoms with E-state index in [4.69, 9.17) is 0 Å². The summed E-state index contributed by atoms with van der Waals surface area (Å²) >= 11 is 1.77. The maximum absolute atomic E-state index is 13.4. The van der Waals surface area contributed by atoms with E-state index >= 15 is 0 Å². The Hall–Kier alpha value is -1.59. The van der Waals surface area contributed by atoms with Gasteiger partial charge in [-0.2, -0.15) is 0 Å². The summed E-state index contributed by atoms with van der Waals surface area (Å²) in [6.07, 6.45) is 9.25. The number of nitrogens with zero attached hydrogens (tertiary/aromatic N) is 2. The molecule has 1 fully saturated rings. The lowest BCUT2D eigenvalue weighted by molar-refractivity contribution is 0.0357. The second-order valence-electron chi connectivity index (χ2n) is 7.43. The van der Waals surface area contributed by atoms with Crippen LogP contribution in [0.1, 0.15) is 47.0 Å². The zero-order chi connectivity index (χ0) is 16.7.